The van der Waals surface area contributed by atoms with Crippen molar-refractivity contribution in [2.24, 2.45) is 10.9 Å². The molecular weight excluding hydrogens is 190 g/mol. The number of aliphatic imine (C=N–C) groups is 1. The van der Waals surface area contributed by atoms with Crippen molar-refractivity contribution in [1.82, 2.24) is 10.6 Å². The Hall–Kier alpha value is -1.03. The number of hydrogen-bond donors (Lipinski definition) is 2. The summed E-state index contributed by atoms with van der Waals surface area (Å²) >= 11 is 0. The summed E-state index contributed by atoms with van der Waals surface area (Å²) in [5.41, 5.74) is 0. The maximum absolute atomic E-state index is 5.53. The Labute approximate surface area is 90.8 Å². The number of rotatable bonds is 3. The summed E-state index contributed by atoms with van der Waals surface area (Å²) in [6.07, 6.45) is 3.20. The summed E-state index contributed by atoms with van der Waals surface area (Å²) in [6, 6.07) is 0.461. The predicted molar refractivity (Wildman–Crippen MR) is 60.9 cm³/mol. The fourth-order valence-electron chi connectivity index (χ4n) is 2.02. The lowest BCUT2D eigenvalue weighted by atomic mass is 10.0. The number of ether oxygens (including phenoxy) is 1. The first-order chi connectivity index (χ1) is 7.29. The number of hydrogen-bond acceptors (Lipinski definition) is 4. The lowest BCUT2D eigenvalue weighted by Gasteiger charge is -2.16. The molecule has 4 heteroatoms. The molecule has 1 fully saturated rings. The first-order valence-electron chi connectivity index (χ1n) is 5.58. The van der Waals surface area contributed by atoms with Crippen LogP contribution in [0, 0.1) is 5.92 Å². The Bertz CT molecular complexity index is 265. The highest BCUT2D eigenvalue weighted by Gasteiger charge is 2.26. The topological polar surface area (TPSA) is 45.6 Å². The summed E-state index contributed by atoms with van der Waals surface area (Å²) < 4.78 is 5.53. The fraction of sp³-hybridized carbons (Fsp3) is 0.727. The molecule has 0 bridgehead atoms. The van der Waals surface area contributed by atoms with Crippen molar-refractivity contribution >= 4 is 5.96 Å². The zero-order valence-corrected chi connectivity index (χ0v) is 9.20. The van der Waals surface area contributed by atoms with Crippen LogP contribution < -0.4 is 10.6 Å². The van der Waals surface area contributed by atoms with E-state index in [2.05, 4.69) is 29.1 Å². The minimum atomic E-state index is 0.205. The molecule has 0 aromatic carbocycles. The molecular formula is C11H19N3O. The molecule has 1 saturated heterocycles. The van der Waals surface area contributed by atoms with Gasteiger partial charge < -0.3 is 15.4 Å². The van der Waals surface area contributed by atoms with E-state index >= 15 is 0 Å². The standard InChI is InChI=1S/C11H19N3O/c1-3-10-9(4-5-15-10)7-13-11-12-6-8(2)14-11/h3,8-10H,1,4-7H2,2H3,(H2,12,13,14)/t8?,9-,10-/m0/s1. The monoisotopic (exact) mass is 209 g/mol. The van der Waals surface area contributed by atoms with Gasteiger partial charge in [0, 0.05) is 25.1 Å². The predicted octanol–water partition coefficient (Wildman–Crippen LogP) is 0.515. The van der Waals surface area contributed by atoms with Crippen LogP contribution in [0.25, 0.3) is 0 Å². The van der Waals surface area contributed by atoms with Crippen molar-refractivity contribution in [3.63, 3.8) is 0 Å². The van der Waals surface area contributed by atoms with Gasteiger partial charge in [-0.1, -0.05) is 6.08 Å². The first-order valence-corrected chi connectivity index (χ1v) is 5.58. The molecule has 0 radical (unpaired) electrons. The number of nitrogens with zero attached hydrogens (tertiary/aromatic N) is 1. The summed E-state index contributed by atoms with van der Waals surface area (Å²) in [5.74, 6) is 1.46. The minimum absolute atomic E-state index is 0.205. The number of guanidine groups is 1. The van der Waals surface area contributed by atoms with Crippen LogP contribution >= 0.6 is 0 Å². The SMILES string of the molecule is C=C[C@@H]1OCC[C@H]1CNC1=NCC(C)N1. The molecule has 3 atom stereocenters. The Morgan fingerprint density at radius 3 is 3.27 bits per heavy atom. The van der Waals surface area contributed by atoms with Gasteiger partial charge in [-0.2, -0.15) is 0 Å². The molecule has 2 aliphatic rings. The molecule has 84 valence electrons. The first kappa shape index (κ1) is 10.5. The van der Waals surface area contributed by atoms with Gasteiger partial charge in [0.25, 0.3) is 0 Å². The van der Waals surface area contributed by atoms with E-state index in [0.29, 0.717) is 12.0 Å². The zero-order chi connectivity index (χ0) is 10.7. The normalized spacial score (nSPS) is 34.7. The molecule has 0 aliphatic carbocycles. The second-order valence-corrected chi connectivity index (χ2v) is 4.24. The van der Waals surface area contributed by atoms with E-state index < -0.39 is 0 Å². The molecule has 2 rings (SSSR count). The van der Waals surface area contributed by atoms with Crippen molar-refractivity contribution in [2.45, 2.75) is 25.5 Å². The van der Waals surface area contributed by atoms with E-state index in [1.807, 2.05) is 6.08 Å². The molecule has 0 amide bonds. The van der Waals surface area contributed by atoms with Crippen LogP contribution in [0.4, 0.5) is 0 Å². The number of nitrogens with one attached hydrogen (secondary N) is 2. The van der Waals surface area contributed by atoms with Crippen molar-refractivity contribution < 1.29 is 4.74 Å². The van der Waals surface area contributed by atoms with Gasteiger partial charge in [-0.25, -0.2) is 0 Å². The minimum Gasteiger partial charge on any atom is -0.374 e. The van der Waals surface area contributed by atoms with Gasteiger partial charge in [0.15, 0.2) is 5.96 Å². The van der Waals surface area contributed by atoms with Crippen LogP contribution in [-0.2, 0) is 4.74 Å². The molecule has 2 aliphatic heterocycles. The smallest absolute Gasteiger partial charge is 0.191 e. The highest BCUT2D eigenvalue weighted by molar-refractivity contribution is 5.81. The van der Waals surface area contributed by atoms with Gasteiger partial charge in [0.05, 0.1) is 12.6 Å². The molecule has 15 heavy (non-hydrogen) atoms. The Balaban J connectivity index is 1.75. The maximum Gasteiger partial charge on any atom is 0.191 e. The average molecular weight is 209 g/mol. The quantitative estimate of drug-likeness (QED) is 0.666. The summed E-state index contributed by atoms with van der Waals surface area (Å²) in [6.45, 7) is 8.54. The van der Waals surface area contributed by atoms with E-state index in [4.69, 9.17) is 4.74 Å². The van der Waals surface area contributed by atoms with Crippen LogP contribution in [0.15, 0.2) is 17.6 Å². The van der Waals surface area contributed by atoms with Crippen LogP contribution in [0.5, 0.6) is 0 Å². The van der Waals surface area contributed by atoms with Crippen LogP contribution in [0.3, 0.4) is 0 Å². The van der Waals surface area contributed by atoms with Gasteiger partial charge >= 0.3 is 0 Å². The third-order valence-electron chi connectivity index (χ3n) is 2.93. The second kappa shape index (κ2) is 4.66. The summed E-state index contributed by atoms with van der Waals surface area (Å²) in [4.78, 5) is 4.36. The average Bonchev–Trinajstić information content (AvgIpc) is 2.83. The lowest BCUT2D eigenvalue weighted by Crippen LogP contribution is -2.40. The molecule has 0 spiro atoms. The second-order valence-electron chi connectivity index (χ2n) is 4.24. The largest absolute Gasteiger partial charge is 0.374 e. The van der Waals surface area contributed by atoms with Crippen LogP contribution in [0.1, 0.15) is 13.3 Å². The molecule has 2 N–H and O–H groups in total. The van der Waals surface area contributed by atoms with Gasteiger partial charge in [0.1, 0.15) is 0 Å². The maximum atomic E-state index is 5.53. The van der Waals surface area contributed by atoms with Crippen molar-refractivity contribution in [1.29, 1.82) is 0 Å². The summed E-state index contributed by atoms with van der Waals surface area (Å²) in [7, 11) is 0. The molecule has 0 saturated carbocycles. The van der Waals surface area contributed by atoms with Crippen LogP contribution in [-0.4, -0.2) is 37.8 Å². The van der Waals surface area contributed by atoms with Crippen LogP contribution in [0.2, 0.25) is 0 Å². The molecule has 0 aromatic rings. The molecule has 4 nitrogen and oxygen atoms in total. The van der Waals surface area contributed by atoms with E-state index in [1.54, 1.807) is 0 Å². The lowest BCUT2D eigenvalue weighted by molar-refractivity contribution is 0.128. The molecule has 1 unspecified atom stereocenters. The van der Waals surface area contributed by atoms with E-state index in [9.17, 15) is 0 Å². The van der Waals surface area contributed by atoms with Gasteiger partial charge in [0.2, 0.25) is 0 Å². The van der Waals surface area contributed by atoms with Gasteiger partial charge in [-0.15, -0.1) is 6.58 Å². The molecule has 2 heterocycles. The van der Waals surface area contributed by atoms with E-state index in [0.717, 1.165) is 32.1 Å². The third-order valence-corrected chi connectivity index (χ3v) is 2.93. The Morgan fingerprint density at radius 1 is 1.73 bits per heavy atom. The zero-order valence-electron chi connectivity index (χ0n) is 9.20. The van der Waals surface area contributed by atoms with Gasteiger partial charge in [-0.3, -0.25) is 4.99 Å². The molecule has 0 aromatic heterocycles. The third kappa shape index (κ3) is 2.50. The highest BCUT2D eigenvalue weighted by Crippen LogP contribution is 2.20. The van der Waals surface area contributed by atoms with E-state index in [-0.39, 0.29) is 6.10 Å². The summed E-state index contributed by atoms with van der Waals surface area (Å²) in [5, 5.41) is 6.61. The van der Waals surface area contributed by atoms with Gasteiger partial charge in [-0.05, 0) is 13.3 Å². The van der Waals surface area contributed by atoms with Crippen molar-refractivity contribution in [3.8, 4) is 0 Å². The van der Waals surface area contributed by atoms with Crippen molar-refractivity contribution in [3.05, 3.63) is 12.7 Å². The Morgan fingerprint density at radius 2 is 2.60 bits per heavy atom. The highest BCUT2D eigenvalue weighted by atomic mass is 16.5. The van der Waals surface area contributed by atoms with Crippen molar-refractivity contribution in [2.75, 3.05) is 19.7 Å². The van der Waals surface area contributed by atoms with E-state index in [1.165, 1.54) is 0 Å². The Kier molecular flexibility index (Phi) is 3.26. The fourth-order valence-corrected chi connectivity index (χ4v) is 2.02.